The van der Waals surface area contributed by atoms with E-state index >= 15 is 0 Å². The van der Waals surface area contributed by atoms with Crippen LogP contribution in [0.25, 0.3) is 0 Å². The van der Waals surface area contributed by atoms with Crippen molar-refractivity contribution in [1.82, 2.24) is 0 Å². The fourth-order valence-electron chi connectivity index (χ4n) is 2.09. The first-order valence-corrected chi connectivity index (χ1v) is 5.72. The lowest BCUT2D eigenvalue weighted by Crippen LogP contribution is -2.28. The van der Waals surface area contributed by atoms with Crippen molar-refractivity contribution in [2.45, 2.75) is 38.1 Å². The van der Waals surface area contributed by atoms with Crippen LogP contribution in [0.1, 0.15) is 32.1 Å². The van der Waals surface area contributed by atoms with Gasteiger partial charge < -0.3 is 0 Å². The lowest BCUT2D eigenvalue weighted by atomic mass is 9.95. The van der Waals surface area contributed by atoms with E-state index in [9.17, 15) is 0 Å². The number of benzene rings is 1. The molecule has 0 aromatic heterocycles. The number of hydrogen-bond donors (Lipinski definition) is 0. The number of halogens is 1. The summed E-state index contributed by atoms with van der Waals surface area (Å²) in [5, 5.41) is 0. The first-order valence-electron chi connectivity index (χ1n) is 5.38. The molecular formula is C12H16ClN. The number of para-hydroxylation sites is 1. The molecule has 1 nitrogen and oxygen atoms in total. The van der Waals surface area contributed by atoms with Crippen LogP contribution in [0.3, 0.4) is 0 Å². The minimum Gasteiger partial charge on any atom is -0.282 e. The van der Waals surface area contributed by atoms with Crippen LogP contribution in [0.5, 0.6) is 0 Å². The van der Waals surface area contributed by atoms with E-state index in [4.69, 9.17) is 11.8 Å². The average molecular weight is 210 g/mol. The summed E-state index contributed by atoms with van der Waals surface area (Å²) in [7, 11) is 0. The molecule has 1 aliphatic rings. The van der Waals surface area contributed by atoms with Crippen LogP contribution >= 0.6 is 11.8 Å². The van der Waals surface area contributed by atoms with Crippen molar-refractivity contribution in [2.75, 3.05) is 4.42 Å². The van der Waals surface area contributed by atoms with Crippen LogP contribution in [-0.4, -0.2) is 6.04 Å². The first-order chi connectivity index (χ1) is 6.88. The molecule has 1 fully saturated rings. The Morgan fingerprint density at radius 2 is 1.64 bits per heavy atom. The van der Waals surface area contributed by atoms with Crippen molar-refractivity contribution >= 4 is 17.5 Å². The molecule has 1 aliphatic carbocycles. The number of hydrogen-bond acceptors (Lipinski definition) is 1. The van der Waals surface area contributed by atoms with Crippen molar-refractivity contribution in [3.05, 3.63) is 30.3 Å². The third-order valence-corrected chi connectivity index (χ3v) is 3.37. The van der Waals surface area contributed by atoms with Crippen LogP contribution < -0.4 is 4.42 Å². The molecule has 1 saturated carbocycles. The number of anilines is 1. The summed E-state index contributed by atoms with van der Waals surface area (Å²) in [6.45, 7) is 0. The van der Waals surface area contributed by atoms with E-state index in [0.717, 1.165) is 5.69 Å². The first kappa shape index (κ1) is 9.85. The van der Waals surface area contributed by atoms with Crippen LogP contribution in [0.4, 0.5) is 5.69 Å². The van der Waals surface area contributed by atoms with Gasteiger partial charge in [0.1, 0.15) is 0 Å². The van der Waals surface area contributed by atoms with Gasteiger partial charge >= 0.3 is 0 Å². The van der Waals surface area contributed by atoms with Gasteiger partial charge in [0.2, 0.25) is 0 Å². The van der Waals surface area contributed by atoms with E-state index in [0.29, 0.717) is 6.04 Å². The van der Waals surface area contributed by atoms with Crippen molar-refractivity contribution in [3.8, 4) is 0 Å². The van der Waals surface area contributed by atoms with E-state index in [1.165, 1.54) is 32.1 Å². The Labute approximate surface area is 90.8 Å². The van der Waals surface area contributed by atoms with Gasteiger partial charge in [-0.15, -0.1) is 0 Å². The van der Waals surface area contributed by atoms with E-state index in [1.807, 2.05) is 22.6 Å². The predicted octanol–water partition coefficient (Wildman–Crippen LogP) is 3.98. The highest BCUT2D eigenvalue weighted by atomic mass is 35.5. The largest absolute Gasteiger partial charge is 0.282 e. The monoisotopic (exact) mass is 209 g/mol. The Hall–Kier alpha value is -0.690. The maximum absolute atomic E-state index is 6.32. The molecule has 0 amide bonds. The van der Waals surface area contributed by atoms with Crippen LogP contribution in [0, 0.1) is 0 Å². The topological polar surface area (TPSA) is 3.24 Å². The van der Waals surface area contributed by atoms with E-state index in [-0.39, 0.29) is 0 Å². The van der Waals surface area contributed by atoms with Gasteiger partial charge in [0.05, 0.1) is 5.69 Å². The summed E-state index contributed by atoms with van der Waals surface area (Å²) in [6, 6.07) is 10.8. The summed E-state index contributed by atoms with van der Waals surface area (Å²) in [6.07, 6.45) is 6.48. The van der Waals surface area contributed by atoms with Crippen LogP contribution in [0.2, 0.25) is 0 Å². The Kier molecular flexibility index (Phi) is 3.30. The maximum Gasteiger partial charge on any atom is 0.0526 e. The zero-order valence-corrected chi connectivity index (χ0v) is 9.08. The second-order valence-corrected chi connectivity index (χ2v) is 4.30. The molecule has 0 N–H and O–H groups in total. The minimum absolute atomic E-state index is 0.535. The molecule has 2 heteroatoms. The van der Waals surface area contributed by atoms with Gasteiger partial charge in [0.25, 0.3) is 0 Å². The minimum atomic E-state index is 0.535. The van der Waals surface area contributed by atoms with Crippen LogP contribution in [-0.2, 0) is 0 Å². The third-order valence-electron chi connectivity index (χ3n) is 2.90. The molecule has 0 radical (unpaired) electrons. The van der Waals surface area contributed by atoms with Gasteiger partial charge in [0.15, 0.2) is 0 Å². The molecule has 0 aliphatic heterocycles. The summed E-state index contributed by atoms with van der Waals surface area (Å²) in [5.74, 6) is 0. The highest BCUT2D eigenvalue weighted by molar-refractivity contribution is 6.25. The zero-order chi connectivity index (χ0) is 9.80. The Morgan fingerprint density at radius 3 is 2.29 bits per heavy atom. The Bertz CT molecular complexity index is 267. The summed E-state index contributed by atoms with van der Waals surface area (Å²) in [4.78, 5) is 0. The second-order valence-electron chi connectivity index (χ2n) is 3.94. The van der Waals surface area contributed by atoms with Gasteiger partial charge in [-0.1, -0.05) is 37.5 Å². The van der Waals surface area contributed by atoms with Crippen molar-refractivity contribution in [3.63, 3.8) is 0 Å². The van der Waals surface area contributed by atoms with Gasteiger partial charge in [-0.3, -0.25) is 4.42 Å². The molecule has 0 atom stereocenters. The molecule has 0 heterocycles. The Balaban J connectivity index is 2.03. The predicted molar refractivity (Wildman–Crippen MR) is 61.6 cm³/mol. The molecule has 0 saturated heterocycles. The normalized spacial score (nSPS) is 18.1. The SMILES string of the molecule is ClN(c1ccccc1)C1CCCCC1. The fourth-order valence-corrected chi connectivity index (χ4v) is 2.40. The molecule has 0 spiro atoms. The quantitative estimate of drug-likeness (QED) is 0.666. The van der Waals surface area contributed by atoms with Crippen molar-refractivity contribution in [2.24, 2.45) is 0 Å². The molecule has 0 unspecified atom stereocenters. The highest BCUT2D eigenvalue weighted by Crippen LogP contribution is 2.28. The molecule has 1 aromatic rings. The van der Waals surface area contributed by atoms with Gasteiger partial charge in [-0.2, -0.15) is 0 Å². The van der Waals surface area contributed by atoms with Crippen molar-refractivity contribution < 1.29 is 0 Å². The smallest absolute Gasteiger partial charge is 0.0526 e. The zero-order valence-electron chi connectivity index (χ0n) is 8.32. The van der Waals surface area contributed by atoms with E-state index in [1.54, 1.807) is 0 Å². The molecule has 1 aromatic carbocycles. The average Bonchev–Trinajstić information content (AvgIpc) is 2.30. The van der Waals surface area contributed by atoms with Gasteiger partial charge in [-0.25, -0.2) is 0 Å². The molecule has 76 valence electrons. The van der Waals surface area contributed by atoms with E-state index < -0.39 is 0 Å². The lowest BCUT2D eigenvalue weighted by Gasteiger charge is -2.30. The number of nitrogens with zero attached hydrogens (tertiary/aromatic N) is 1. The van der Waals surface area contributed by atoms with Crippen molar-refractivity contribution in [1.29, 1.82) is 0 Å². The van der Waals surface area contributed by atoms with E-state index in [2.05, 4.69) is 12.1 Å². The summed E-state index contributed by atoms with van der Waals surface area (Å²) >= 11 is 6.32. The molecule has 14 heavy (non-hydrogen) atoms. The second kappa shape index (κ2) is 4.70. The summed E-state index contributed by atoms with van der Waals surface area (Å²) in [5.41, 5.74) is 1.13. The molecule has 0 bridgehead atoms. The number of rotatable bonds is 2. The lowest BCUT2D eigenvalue weighted by molar-refractivity contribution is 0.445. The van der Waals surface area contributed by atoms with Crippen LogP contribution in [0.15, 0.2) is 30.3 Å². The standard InChI is InChI=1S/C12H16ClN/c13-14(11-7-3-1-4-8-11)12-9-5-2-6-10-12/h1,3-4,7-8,12H,2,5-6,9-10H2. The maximum atomic E-state index is 6.32. The fraction of sp³-hybridized carbons (Fsp3) is 0.500. The molecule has 2 rings (SSSR count). The molecular weight excluding hydrogens is 194 g/mol. The van der Waals surface area contributed by atoms with Gasteiger partial charge in [-0.05, 0) is 25.0 Å². The Morgan fingerprint density at radius 1 is 1.00 bits per heavy atom. The third kappa shape index (κ3) is 2.21. The summed E-state index contributed by atoms with van der Waals surface area (Å²) < 4.78 is 1.92. The van der Waals surface area contributed by atoms with Gasteiger partial charge in [0, 0.05) is 17.8 Å². The highest BCUT2D eigenvalue weighted by Gasteiger charge is 2.19.